The van der Waals surface area contributed by atoms with E-state index in [-0.39, 0.29) is 24.7 Å². The first kappa shape index (κ1) is 16.6. The van der Waals surface area contributed by atoms with Gasteiger partial charge in [-0.05, 0) is 24.5 Å². The molecule has 0 aliphatic rings. The van der Waals surface area contributed by atoms with Gasteiger partial charge in [0.2, 0.25) is 15.9 Å². The van der Waals surface area contributed by atoms with Crippen LogP contribution in [0.15, 0.2) is 24.3 Å². The topological polar surface area (TPSA) is 75.3 Å². The Bertz CT molecular complexity index is 546. The smallest absolute Gasteiger partial charge is 0.235 e. The van der Waals surface area contributed by atoms with Crippen molar-refractivity contribution in [3.63, 3.8) is 0 Å². The third kappa shape index (κ3) is 6.12. The van der Waals surface area contributed by atoms with Crippen LogP contribution >= 0.6 is 0 Å². The van der Waals surface area contributed by atoms with E-state index in [1.807, 2.05) is 0 Å². The third-order valence-corrected chi connectivity index (χ3v) is 4.13. The van der Waals surface area contributed by atoms with Crippen LogP contribution in [0.1, 0.15) is 18.9 Å². The first-order chi connectivity index (χ1) is 9.44. The number of carbonyl (C=O) groups excluding carboxylic acids is 1. The molecule has 1 rings (SSSR count). The lowest BCUT2D eigenvalue weighted by atomic mass is 10.1. The SMILES string of the molecule is CCCS(=O)(=O)NCC(=O)NCCc1ccccc1F. The average Bonchev–Trinajstić information content (AvgIpc) is 2.39. The highest BCUT2D eigenvalue weighted by Gasteiger charge is 2.10. The molecule has 0 heterocycles. The van der Waals surface area contributed by atoms with Crippen molar-refractivity contribution in [2.45, 2.75) is 19.8 Å². The van der Waals surface area contributed by atoms with Gasteiger partial charge in [0, 0.05) is 6.54 Å². The molecule has 5 nitrogen and oxygen atoms in total. The van der Waals surface area contributed by atoms with Gasteiger partial charge in [-0.15, -0.1) is 0 Å². The fourth-order valence-electron chi connectivity index (χ4n) is 1.62. The molecular weight excluding hydrogens is 283 g/mol. The summed E-state index contributed by atoms with van der Waals surface area (Å²) in [6, 6.07) is 6.32. The fraction of sp³-hybridized carbons (Fsp3) is 0.462. The van der Waals surface area contributed by atoms with Crippen molar-refractivity contribution in [3.05, 3.63) is 35.6 Å². The zero-order valence-electron chi connectivity index (χ0n) is 11.4. The van der Waals surface area contributed by atoms with E-state index >= 15 is 0 Å². The molecule has 0 bridgehead atoms. The van der Waals surface area contributed by atoms with Gasteiger partial charge in [-0.2, -0.15) is 0 Å². The van der Waals surface area contributed by atoms with Crippen LogP contribution in [0.5, 0.6) is 0 Å². The molecule has 0 fully saturated rings. The second-order valence-corrected chi connectivity index (χ2v) is 6.26. The minimum atomic E-state index is -3.38. The highest BCUT2D eigenvalue weighted by atomic mass is 32.2. The maximum absolute atomic E-state index is 13.3. The van der Waals surface area contributed by atoms with Crippen molar-refractivity contribution in [2.24, 2.45) is 0 Å². The molecule has 0 aromatic heterocycles. The zero-order valence-corrected chi connectivity index (χ0v) is 12.2. The molecule has 0 saturated carbocycles. The predicted octanol–water partition coefficient (Wildman–Crippen LogP) is 0.814. The molecule has 0 saturated heterocycles. The number of hydrogen-bond donors (Lipinski definition) is 2. The monoisotopic (exact) mass is 302 g/mol. The van der Waals surface area contributed by atoms with E-state index in [4.69, 9.17) is 0 Å². The summed E-state index contributed by atoms with van der Waals surface area (Å²) in [5.74, 6) is -0.749. The van der Waals surface area contributed by atoms with Gasteiger partial charge in [0.1, 0.15) is 5.82 Å². The Balaban J connectivity index is 2.29. The maximum atomic E-state index is 13.3. The molecule has 20 heavy (non-hydrogen) atoms. The van der Waals surface area contributed by atoms with Gasteiger partial charge < -0.3 is 5.32 Å². The van der Waals surface area contributed by atoms with Crippen LogP contribution in [0.2, 0.25) is 0 Å². The summed E-state index contributed by atoms with van der Waals surface area (Å²) < 4.78 is 38.2. The van der Waals surface area contributed by atoms with Gasteiger partial charge in [-0.1, -0.05) is 25.1 Å². The normalized spacial score (nSPS) is 11.3. The van der Waals surface area contributed by atoms with Gasteiger partial charge >= 0.3 is 0 Å². The number of amides is 1. The number of sulfonamides is 1. The summed E-state index contributed by atoms with van der Waals surface area (Å²) in [6.07, 6.45) is 0.852. The summed E-state index contributed by atoms with van der Waals surface area (Å²) in [7, 11) is -3.38. The Morgan fingerprint density at radius 1 is 1.30 bits per heavy atom. The summed E-state index contributed by atoms with van der Waals surface area (Å²) in [4.78, 5) is 11.4. The number of nitrogens with one attached hydrogen (secondary N) is 2. The largest absolute Gasteiger partial charge is 0.355 e. The van der Waals surface area contributed by atoms with Crippen molar-refractivity contribution in [3.8, 4) is 0 Å². The van der Waals surface area contributed by atoms with Gasteiger partial charge in [0.05, 0.1) is 12.3 Å². The molecule has 2 N–H and O–H groups in total. The molecule has 0 aliphatic carbocycles. The molecule has 1 amide bonds. The fourth-order valence-corrected chi connectivity index (χ4v) is 2.65. The molecule has 7 heteroatoms. The van der Waals surface area contributed by atoms with Gasteiger partial charge in [0.25, 0.3) is 0 Å². The second kappa shape index (κ2) is 7.96. The first-order valence-corrected chi connectivity index (χ1v) is 8.07. The lowest BCUT2D eigenvalue weighted by Crippen LogP contribution is -2.38. The minimum absolute atomic E-state index is 0.00446. The Morgan fingerprint density at radius 3 is 2.65 bits per heavy atom. The van der Waals surface area contributed by atoms with Crippen LogP contribution in [0.3, 0.4) is 0 Å². The third-order valence-electron chi connectivity index (χ3n) is 2.60. The highest BCUT2D eigenvalue weighted by molar-refractivity contribution is 7.89. The number of benzene rings is 1. The second-order valence-electron chi connectivity index (χ2n) is 4.33. The van der Waals surface area contributed by atoms with Crippen LogP contribution in [0.4, 0.5) is 4.39 Å². The molecule has 0 unspecified atom stereocenters. The predicted molar refractivity (Wildman–Crippen MR) is 75.2 cm³/mol. The molecular formula is C13H19FN2O3S. The molecule has 112 valence electrons. The van der Waals surface area contributed by atoms with E-state index in [2.05, 4.69) is 10.0 Å². The van der Waals surface area contributed by atoms with Crippen molar-refractivity contribution in [2.75, 3.05) is 18.8 Å². The van der Waals surface area contributed by atoms with Gasteiger partial charge in [0.15, 0.2) is 0 Å². The van der Waals surface area contributed by atoms with E-state index in [0.29, 0.717) is 18.4 Å². The lowest BCUT2D eigenvalue weighted by Gasteiger charge is -2.07. The van der Waals surface area contributed by atoms with Crippen LogP contribution in [0, 0.1) is 5.82 Å². The van der Waals surface area contributed by atoms with Crippen molar-refractivity contribution in [1.82, 2.24) is 10.0 Å². The summed E-state index contributed by atoms with van der Waals surface area (Å²) >= 11 is 0. The molecule has 0 aliphatic heterocycles. The molecule has 0 spiro atoms. The minimum Gasteiger partial charge on any atom is -0.355 e. The summed E-state index contributed by atoms with van der Waals surface area (Å²) in [5.41, 5.74) is 0.513. The van der Waals surface area contributed by atoms with E-state index in [1.54, 1.807) is 25.1 Å². The van der Waals surface area contributed by atoms with E-state index < -0.39 is 15.9 Å². The van der Waals surface area contributed by atoms with Crippen LogP contribution in [-0.2, 0) is 21.2 Å². The van der Waals surface area contributed by atoms with Crippen molar-refractivity contribution < 1.29 is 17.6 Å². The Labute approximate surface area is 118 Å². The number of carbonyl (C=O) groups is 1. The molecule has 0 atom stereocenters. The summed E-state index contributed by atoms with van der Waals surface area (Å²) in [6.45, 7) is 1.71. The number of hydrogen-bond acceptors (Lipinski definition) is 3. The van der Waals surface area contributed by atoms with E-state index in [9.17, 15) is 17.6 Å². The average molecular weight is 302 g/mol. The maximum Gasteiger partial charge on any atom is 0.235 e. The highest BCUT2D eigenvalue weighted by Crippen LogP contribution is 2.05. The lowest BCUT2D eigenvalue weighted by molar-refractivity contribution is -0.119. The quantitative estimate of drug-likeness (QED) is 0.746. The Morgan fingerprint density at radius 2 is 2.00 bits per heavy atom. The van der Waals surface area contributed by atoms with Crippen LogP contribution in [-0.4, -0.2) is 33.2 Å². The molecule has 1 aromatic rings. The standard InChI is InChI=1S/C13H19FN2O3S/c1-2-9-20(18,19)16-10-13(17)15-8-7-11-5-3-4-6-12(11)14/h3-6,16H,2,7-10H2,1H3,(H,15,17). The van der Waals surface area contributed by atoms with Crippen molar-refractivity contribution >= 4 is 15.9 Å². The molecule has 0 radical (unpaired) electrons. The Kier molecular flexibility index (Phi) is 6.60. The first-order valence-electron chi connectivity index (χ1n) is 6.42. The Hall–Kier alpha value is -1.47. The number of halogens is 1. The zero-order chi connectivity index (χ0) is 15.0. The van der Waals surface area contributed by atoms with Gasteiger partial charge in [-0.3, -0.25) is 4.79 Å². The van der Waals surface area contributed by atoms with Crippen LogP contribution in [0.25, 0.3) is 0 Å². The van der Waals surface area contributed by atoms with Gasteiger partial charge in [-0.25, -0.2) is 17.5 Å². The van der Waals surface area contributed by atoms with Crippen molar-refractivity contribution in [1.29, 1.82) is 0 Å². The molecule has 1 aromatic carbocycles. The van der Waals surface area contributed by atoms with E-state index in [0.717, 1.165) is 0 Å². The van der Waals surface area contributed by atoms with Crippen LogP contribution < -0.4 is 10.0 Å². The number of rotatable bonds is 8. The summed E-state index contributed by atoms with van der Waals surface area (Å²) in [5, 5.41) is 2.54. The van der Waals surface area contributed by atoms with E-state index in [1.165, 1.54) is 6.07 Å².